The molecule has 0 aliphatic rings. The first-order chi connectivity index (χ1) is 3.46. The van der Waals surface area contributed by atoms with Gasteiger partial charge in [-0.05, 0) is 0 Å². The lowest BCUT2D eigenvalue weighted by atomic mass is 11.2. The van der Waals surface area contributed by atoms with Gasteiger partial charge in [-0.1, -0.05) is 0 Å². The van der Waals surface area contributed by atoms with Gasteiger partial charge in [0.05, 0.1) is 0 Å². The fourth-order valence-corrected chi connectivity index (χ4v) is 0. The van der Waals surface area contributed by atoms with Gasteiger partial charge in [-0.3, -0.25) is 0 Å². The summed E-state index contributed by atoms with van der Waals surface area (Å²) in [5.41, 5.74) is 8.50. The molecular weight excluding hydrogens is 118 g/mol. The fourth-order valence-electron chi connectivity index (χ4n) is 0. The summed E-state index contributed by atoms with van der Waals surface area (Å²) in [6.45, 7) is 0. The molecular formula is CH5N3O4. The van der Waals surface area contributed by atoms with E-state index in [2.05, 4.69) is 11.5 Å². The van der Waals surface area contributed by atoms with Crippen molar-refractivity contribution in [3.05, 3.63) is 10.1 Å². The molecule has 0 aliphatic carbocycles. The van der Waals surface area contributed by atoms with Crippen LogP contribution in [0.5, 0.6) is 0 Å². The van der Waals surface area contributed by atoms with E-state index in [0.717, 1.165) is 0 Å². The van der Waals surface area contributed by atoms with E-state index in [-0.39, 0.29) is 0 Å². The van der Waals surface area contributed by atoms with Crippen molar-refractivity contribution in [1.29, 1.82) is 0 Å². The van der Waals surface area contributed by atoms with E-state index in [1.165, 1.54) is 0 Å². The summed E-state index contributed by atoms with van der Waals surface area (Å²) in [7, 11) is 0. The highest BCUT2D eigenvalue weighted by Gasteiger charge is 1.65. The molecule has 0 spiro atoms. The lowest BCUT2D eigenvalue weighted by Gasteiger charge is -1.62. The Hall–Kier alpha value is -1.53. The van der Waals surface area contributed by atoms with Crippen LogP contribution in [0.4, 0.5) is 4.79 Å². The van der Waals surface area contributed by atoms with E-state index < -0.39 is 11.1 Å². The molecule has 0 bridgehead atoms. The van der Waals surface area contributed by atoms with Gasteiger partial charge in [0.2, 0.25) is 0 Å². The monoisotopic (exact) mass is 123 g/mol. The van der Waals surface area contributed by atoms with Crippen LogP contribution in [0.15, 0.2) is 0 Å². The SMILES string of the molecule is NC(N)=O.O=[N+]([O-])O. The second kappa shape index (κ2) is 5.47. The van der Waals surface area contributed by atoms with Crippen LogP contribution >= 0.6 is 0 Å². The Morgan fingerprint density at radius 1 is 1.62 bits per heavy atom. The minimum atomic E-state index is -1.50. The minimum Gasteiger partial charge on any atom is -0.352 e. The molecule has 0 saturated carbocycles. The van der Waals surface area contributed by atoms with Crippen LogP contribution in [-0.4, -0.2) is 16.3 Å². The van der Waals surface area contributed by atoms with Crippen LogP contribution in [-0.2, 0) is 0 Å². The van der Waals surface area contributed by atoms with Crippen LogP contribution in [0.2, 0.25) is 0 Å². The maximum Gasteiger partial charge on any atom is 0.309 e. The van der Waals surface area contributed by atoms with Gasteiger partial charge in [0.15, 0.2) is 0 Å². The van der Waals surface area contributed by atoms with Crippen molar-refractivity contribution < 1.29 is 15.1 Å². The maximum atomic E-state index is 9.00. The Morgan fingerprint density at radius 2 is 1.62 bits per heavy atom. The van der Waals surface area contributed by atoms with Crippen molar-refractivity contribution >= 4 is 6.03 Å². The third-order valence-corrected chi connectivity index (χ3v) is 0. The normalized spacial score (nSPS) is 6.00. The Kier molecular flexibility index (Phi) is 6.62. The molecule has 7 nitrogen and oxygen atoms in total. The van der Waals surface area contributed by atoms with Crippen molar-refractivity contribution in [3.63, 3.8) is 0 Å². The quantitative estimate of drug-likeness (QED) is 0.272. The van der Waals surface area contributed by atoms with E-state index in [9.17, 15) is 0 Å². The molecule has 5 N–H and O–H groups in total. The standard InChI is InChI=1S/CH4N2O.HNO3/c2*2-1(3)4/h(H4,2,3,4);(H,2,3,4). The largest absolute Gasteiger partial charge is 0.352 e. The summed E-state index contributed by atoms with van der Waals surface area (Å²) in [4.78, 5) is 17.4. The van der Waals surface area contributed by atoms with Crippen LogP contribution in [0.3, 0.4) is 0 Å². The number of carbonyl (C=O) groups is 1. The Bertz CT molecular complexity index is 69.3. The lowest BCUT2D eigenvalue weighted by Crippen LogP contribution is -2.18. The third kappa shape index (κ3) is 23.0. The van der Waals surface area contributed by atoms with Gasteiger partial charge in [-0.15, -0.1) is 10.1 Å². The molecule has 0 radical (unpaired) electrons. The van der Waals surface area contributed by atoms with Crippen molar-refractivity contribution in [2.24, 2.45) is 11.5 Å². The first kappa shape index (κ1) is 9.69. The van der Waals surface area contributed by atoms with Gasteiger partial charge in [0.25, 0.3) is 5.09 Å². The predicted molar refractivity (Wildman–Crippen MR) is 22.6 cm³/mol. The van der Waals surface area contributed by atoms with Gasteiger partial charge in [0, 0.05) is 0 Å². The second-order valence-corrected chi connectivity index (χ2v) is 0.640. The highest BCUT2D eigenvalue weighted by molar-refractivity contribution is 5.69. The molecule has 0 aromatic rings. The molecule has 48 valence electrons. The number of primary amides is 2. The van der Waals surface area contributed by atoms with Crippen molar-refractivity contribution in [2.45, 2.75) is 0 Å². The molecule has 0 aromatic carbocycles. The highest BCUT2D eigenvalue weighted by Crippen LogP contribution is 1.38. The van der Waals surface area contributed by atoms with Crippen LogP contribution < -0.4 is 11.5 Å². The molecule has 0 aromatic heterocycles. The summed E-state index contributed by atoms with van der Waals surface area (Å²) in [5, 5.41) is 13.6. The first-order valence-electron chi connectivity index (χ1n) is 1.35. The molecule has 0 aliphatic heterocycles. The number of nitrogens with two attached hydrogens (primary N) is 2. The fraction of sp³-hybridized carbons (Fsp3) is 0. The molecule has 0 heterocycles. The Balaban J connectivity index is 0. The molecule has 0 unspecified atom stereocenters. The van der Waals surface area contributed by atoms with Crippen LogP contribution in [0, 0.1) is 10.1 Å². The van der Waals surface area contributed by atoms with Crippen molar-refractivity contribution in [1.82, 2.24) is 0 Å². The van der Waals surface area contributed by atoms with E-state index in [0.29, 0.717) is 0 Å². The zero-order chi connectivity index (χ0) is 7.15. The second-order valence-electron chi connectivity index (χ2n) is 0.640. The smallest absolute Gasteiger partial charge is 0.309 e. The summed E-state index contributed by atoms with van der Waals surface area (Å²) in [6, 6.07) is -0.833. The summed E-state index contributed by atoms with van der Waals surface area (Å²) in [5.74, 6) is 0. The maximum absolute atomic E-state index is 9.00. The molecule has 0 atom stereocenters. The zero-order valence-corrected chi connectivity index (χ0v) is 3.77. The van der Waals surface area contributed by atoms with E-state index in [1.54, 1.807) is 0 Å². The van der Waals surface area contributed by atoms with Crippen molar-refractivity contribution in [2.75, 3.05) is 0 Å². The van der Waals surface area contributed by atoms with Gasteiger partial charge in [-0.2, -0.15) is 0 Å². The highest BCUT2D eigenvalue weighted by atomic mass is 16.9. The van der Waals surface area contributed by atoms with E-state index >= 15 is 0 Å². The number of carbonyl (C=O) groups excluding carboxylic acids is 1. The average Bonchev–Trinajstić information content (AvgIpc) is 1.25. The molecule has 0 rings (SSSR count). The summed E-state index contributed by atoms with van der Waals surface area (Å²) >= 11 is 0. The van der Waals surface area contributed by atoms with E-state index in [1.807, 2.05) is 0 Å². The van der Waals surface area contributed by atoms with Crippen LogP contribution in [0.25, 0.3) is 0 Å². The predicted octanol–water partition coefficient (Wildman–Crippen LogP) is -1.32. The third-order valence-electron chi connectivity index (χ3n) is 0. The molecule has 0 fully saturated rings. The number of nitrogens with zero attached hydrogens (tertiary/aromatic N) is 1. The summed E-state index contributed by atoms with van der Waals surface area (Å²) in [6.07, 6.45) is 0. The molecule has 0 saturated heterocycles. The summed E-state index contributed by atoms with van der Waals surface area (Å²) < 4.78 is 0. The average molecular weight is 123 g/mol. The van der Waals surface area contributed by atoms with Gasteiger partial charge in [-0.25, -0.2) is 4.79 Å². The topological polar surface area (TPSA) is 132 Å². The van der Waals surface area contributed by atoms with Crippen LogP contribution in [0.1, 0.15) is 0 Å². The minimum absolute atomic E-state index is 0.833. The Morgan fingerprint density at radius 3 is 1.62 bits per heavy atom. The van der Waals surface area contributed by atoms with Crippen molar-refractivity contribution in [3.8, 4) is 0 Å². The first-order valence-corrected chi connectivity index (χ1v) is 1.35. The number of rotatable bonds is 0. The number of amides is 2. The molecule has 2 amide bonds. The molecule has 7 heteroatoms. The van der Waals surface area contributed by atoms with Gasteiger partial charge < -0.3 is 16.7 Å². The lowest BCUT2D eigenvalue weighted by molar-refractivity contribution is -0.742. The molecule has 8 heavy (non-hydrogen) atoms. The number of hydrogen-bond donors (Lipinski definition) is 3. The van der Waals surface area contributed by atoms with Gasteiger partial charge in [0.1, 0.15) is 0 Å². The number of hydrogen-bond acceptors (Lipinski definition) is 3. The zero-order valence-electron chi connectivity index (χ0n) is 3.77. The Labute approximate surface area is 44.0 Å². The van der Waals surface area contributed by atoms with Gasteiger partial charge >= 0.3 is 6.03 Å². The van der Waals surface area contributed by atoms with E-state index in [4.69, 9.17) is 20.1 Å². The number of urea groups is 1.